The molecule has 0 atom stereocenters. The van der Waals surface area contributed by atoms with Crippen molar-refractivity contribution in [2.75, 3.05) is 24.9 Å². The minimum atomic E-state index is -0.350. The van der Waals surface area contributed by atoms with Crippen LogP contribution < -0.4 is 20.1 Å². The Bertz CT molecular complexity index is 1090. The Morgan fingerprint density at radius 2 is 1.77 bits per heavy atom. The summed E-state index contributed by atoms with van der Waals surface area (Å²) < 4.78 is 10.4. The Kier molecular flexibility index (Phi) is 7.15. The number of nitrogens with zero attached hydrogens (tertiary/aromatic N) is 1. The molecule has 0 radical (unpaired) electrons. The fourth-order valence-electron chi connectivity index (χ4n) is 2.54. The third-order valence-corrected chi connectivity index (χ3v) is 5.51. The van der Waals surface area contributed by atoms with E-state index in [9.17, 15) is 9.59 Å². The SMILES string of the molecule is COc1ccc(C(=O)Nc2nc(CC(=O)Nc3ccc(Cl)c(Cl)c3)cs2)cc1OC. The predicted molar refractivity (Wildman–Crippen MR) is 118 cm³/mol. The highest BCUT2D eigenvalue weighted by atomic mass is 35.5. The molecule has 0 saturated carbocycles. The van der Waals surface area contributed by atoms with Crippen LogP contribution >= 0.6 is 34.5 Å². The van der Waals surface area contributed by atoms with Crippen molar-refractivity contribution in [2.45, 2.75) is 6.42 Å². The number of methoxy groups -OCH3 is 2. The number of hydrogen-bond donors (Lipinski definition) is 2. The number of halogens is 2. The maximum atomic E-state index is 12.5. The second-order valence-electron chi connectivity index (χ2n) is 6.02. The van der Waals surface area contributed by atoms with Crippen molar-refractivity contribution in [1.82, 2.24) is 4.98 Å². The quantitative estimate of drug-likeness (QED) is 0.517. The van der Waals surface area contributed by atoms with Crippen LogP contribution in [0.4, 0.5) is 10.8 Å². The molecule has 1 heterocycles. The van der Waals surface area contributed by atoms with Gasteiger partial charge in [0.05, 0.1) is 36.4 Å². The molecular formula is C20H17Cl2N3O4S. The number of rotatable bonds is 7. The van der Waals surface area contributed by atoms with Crippen molar-refractivity contribution in [3.63, 3.8) is 0 Å². The van der Waals surface area contributed by atoms with Crippen LogP contribution in [0.25, 0.3) is 0 Å². The Morgan fingerprint density at radius 1 is 1.00 bits per heavy atom. The van der Waals surface area contributed by atoms with E-state index in [0.717, 1.165) is 0 Å². The molecule has 1 aromatic heterocycles. The highest BCUT2D eigenvalue weighted by Gasteiger charge is 2.14. The van der Waals surface area contributed by atoms with Gasteiger partial charge in [-0.1, -0.05) is 23.2 Å². The smallest absolute Gasteiger partial charge is 0.257 e. The molecular weight excluding hydrogens is 449 g/mol. The number of ether oxygens (including phenoxy) is 2. The zero-order valence-corrected chi connectivity index (χ0v) is 18.3. The molecule has 0 fully saturated rings. The van der Waals surface area contributed by atoms with Crippen LogP contribution in [0.15, 0.2) is 41.8 Å². The topological polar surface area (TPSA) is 89.5 Å². The lowest BCUT2D eigenvalue weighted by Gasteiger charge is -2.09. The van der Waals surface area contributed by atoms with E-state index in [1.165, 1.54) is 25.6 Å². The van der Waals surface area contributed by atoms with Crippen LogP contribution in [-0.2, 0) is 11.2 Å². The van der Waals surface area contributed by atoms with Crippen LogP contribution in [0.5, 0.6) is 11.5 Å². The van der Waals surface area contributed by atoms with Gasteiger partial charge in [-0.2, -0.15) is 0 Å². The van der Waals surface area contributed by atoms with Gasteiger partial charge in [-0.25, -0.2) is 4.98 Å². The third kappa shape index (κ3) is 5.41. The minimum Gasteiger partial charge on any atom is -0.493 e. The summed E-state index contributed by atoms with van der Waals surface area (Å²) in [6, 6.07) is 9.67. The van der Waals surface area contributed by atoms with Crippen molar-refractivity contribution < 1.29 is 19.1 Å². The Hall–Kier alpha value is -2.81. The van der Waals surface area contributed by atoms with Gasteiger partial charge in [-0.15, -0.1) is 11.3 Å². The summed E-state index contributed by atoms with van der Waals surface area (Å²) in [5, 5.41) is 8.28. The first kappa shape index (κ1) is 21.9. The highest BCUT2D eigenvalue weighted by Crippen LogP contribution is 2.28. The molecule has 10 heteroatoms. The molecule has 0 aliphatic carbocycles. The van der Waals surface area contributed by atoms with Gasteiger partial charge in [0.15, 0.2) is 16.6 Å². The van der Waals surface area contributed by atoms with Gasteiger partial charge < -0.3 is 14.8 Å². The van der Waals surface area contributed by atoms with Crippen LogP contribution in [0.2, 0.25) is 10.0 Å². The van der Waals surface area contributed by atoms with E-state index in [4.69, 9.17) is 32.7 Å². The summed E-state index contributed by atoms with van der Waals surface area (Å²) in [4.78, 5) is 29.0. The van der Waals surface area contributed by atoms with Crippen LogP contribution in [-0.4, -0.2) is 31.0 Å². The lowest BCUT2D eigenvalue weighted by Crippen LogP contribution is -2.15. The number of carbonyl (C=O) groups is 2. The maximum absolute atomic E-state index is 12.5. The number of hydrogen-bond acceptors (Lipinski definition) is 6. The van der Waals surface area contributed by atoms with Gasteiger partial charge in [0.25, 0.3) is 5.91 Å². The molecule has 2 N–H and O–H groups in total. The number of benzene rings is 2. The normalized spacial score (nSPS) is 10.4. The van der Waals surface area contributed by atoms with Crippen molar-refractivity contribution >= 4 is 57.2 Å². The average Bonchev–Trinajstić information content (AvgIpc) is 3.16. The molecule has 0 aliphatic rings. The molecule has 0 aliphatic heterocycles. The van der Waals surface area contributed by atoms with Gasteiger partial charge in [0.1, 0.15) is 0 Å². The molecule has 0 bridgehead atoms. The lowest BCUT2D eigenvalue weighted by atomic mass is 10.2. The van der Waals surface area contributed by atoms with Crippen molar-refractivity contribution in [3.8, 4) is 11.5 Å². The zero-order chi connectivity index (χ0) is 21.7. The van der Waals surface area contributed by atoms with E-state index in [2.05, 4.69) is 15.6 Å². The fraction of sp³-hybridized carbons (Fsp3) is 0.150. The van der Waals surface area contributed by atoms with Gasteiger partial charge in [0, 0.05) is 16.6 Å². The van der Waals surface area contributed by atoms with Gasteiger partial charge in [0.2, 0.25) is 5.91 Å². The summed E-state index contributed by atoms with van der Waals surface area (Å²) in [5.74, 6) is 0.357. The van der Waals surface area contributed by atoms with E-state index in [1.54, 1.807) is 41.8 Å². The number of carbonyl (C=O) groups excluding carboxylic acids is 2. The summed E-state index contributed by atoms with van der Waals surface area (Å²) in [6.07, 6.45) is 0.0446. The first-order valence-corrected chi connectivity index (χ1v) is 10.3. The van der Waals surface area contributed by atoms with Gasteiger partial charge >= 0.3 is 0 Å². The number of thiazole rings is 1. The van der Waals surface area contributed by atoms with E-state index in [0.29, 0.717) is 43.6 Å². The molecule has 0 spiro atoms. The Morgan fingerprint density at radius 3 is 2.47 bits per heavy atom. The second kappa shape index (κ2) is 9.80. The fourth-order valence-corrected chi connectivity index (χ4v) is 3.54. The number of amides is 2. The van der Waals surface area contributed by atoms with Gasteiger partial charge in [-0.3, -0.25) is 14.9 Å². The number of aromatic nitrogens is 1. The summed E-state index contributed by atoms with van der Waals surface area (Å²) in [5.41, 5.74) is 1.45. The zero-order valence-electron chi connectivity index (χ0n) is 16.0. The third-order valence-electron chi connectivity index (χ3n) is 3.96. The van der Waals surface area contributed by atoms with Crippen molar-refractivity contribution in [1.29, 1.82) is 0 Å². The second-order valence-corrected chi connectivity index (χ2v) is 7.69. The standard InChI is InChI=1S/C20H17Cl2N3O4S/c1-28-16-6-3-11(7-17(16)29-2)19(27)25-20-24-13(10-30-20)9-18(26)23-12-4-5-14(21)15(22)8-12/h3-8,10H,9H2,1-2H3,(H,23,26)(H,24,25,27). The molecule has 7 nitrogen and oxygen atoms in total. The van der Waals surface area contributed by atoms with Crippen molar-refractivity contribution in [3.05, 3.63) is 63.1 Å². The van der Waals surface area contributed by atoms with Crippen LogP contribution in [0, 0.1) is 0 Å². The molecule has 30 heavy (non-hydrogen) atoms. The minimum absolute atomic E-state index is 0.0446. The molecule has 3 rings (SSSR count). The lowest BCUT2D eigenvalue weighted by molar-refractivity contribution is -0.115. The molecule has 0 saturated heterocycles. The Balaban J connectivity index is 1.61. The highest BCUT2D eigenvalue weighted by molar-refractivity contribution is 7.14. The van der Waals surface area contributed by atoms with E-state index in [1.807, 2.05) is 0 Å². The molecule has 0 unspecified atom stereocenters. The number of nitrogens with one attached hydrogen (secondary N) is 2. The van der Waals surface area contributed by atoms with E-state index >= 15 is 0 Å². The first-order valence-electron chi connectivity index (χ1n) is 8.62. The van der Waals surface area contributed by atoms with Crippen molar-refractivity contribution in [2.24, 2.45) is 0 Å². The van der Waals surface area contributed by atoms with Crippen LogP contribution in [0.3, 0.4) is 0 Å². The largest absolute Gasteiger partial charge is 0.493 e. The average molecular weight is 466 g/mol. The van der Waals surface area contributed by atoms with Gasteiger partial charge in [-0.05, 0) is 36.4 Å². The predicted octanol–water partition coefficient (Wildman–Crippen LogP) is 4.90. The van der Waals surface area contributed by atoms with Crippen LogP contribution in [0.1, 0.15) is 16.1 Å². The monoisotopic (exact) mass is 465 g/mol. The summed E-state index contributed by atoms with van der Waals surface area (Å²) >= 11 is 13.0. The van der Waals surface area contributed by atoms with E-state index in [-0.39, 0.29) is 18.2 Å². The molecule has 3 aromatic rings. The molecule has 156 valence electrons. The molecule has 2 amide bonds. The Labute approximate surface area is 186 Å². The molecule has 2 aromatic carbocycles. The summed E-state index contributed by atoms with van der Waals surface area (Å²) in [6.45, 7) is 0. The maximum Gasteiger partial charge on any atom is 0.257 e. The van der Waals surface area contributed by atoms with E-state index < -0.39 is 0 Å². The first-order chi connectivity index (χ1) is 14.4. The number of anilines is 2. The summed E-state index contributed by atoms with van der Waals surface area (Å²) in [7, 11) is 3.02.